The second kappa shape index (κ2) is 12.8. The summed E-state index contributed by atoms with van der Waals surface area (Å²) in [6, 6.07) is 15.0. The normalized spacial score (nSPS) is 15.1. The minimum absolute atomic E-state index is 0.0821. The highest BCUT2D eigenvalue weighted by Gasteiger charge is 2.31. The lowest BCUT2D eigenvalue weighted by Crippen LogP contribution is -2.52. The van der Waals surface area contributed by atoms with Crippen molar-refractivity contribution in [2.75, 3.05) is 13.7 Å². The van der Waals surface area contributed by atoms with Gasteiger partial charge in [-0.2, -0.15) is 0 Å². The van der Waals surface area contributed by atoms with Crippen molar-refractivity contribution in [3.8, 4) is 11.5 Å². The van der Waals surface area contributed by atoms with Crippen LogP contribution in [0.4, 0.5) is 0 Å². The number of methoxy groups -OCH3 is 1. The molecule has 1 unspecified atom stereocenters. The average Bonchev–Trinajstić information content (AvgIpc) is 2.87. The number of nitrogens with one attached hydrogen (secondary N) is 1. The van der Waals surface area contributed by atoms with Gasteiger partial charge in [-0.15, -0.1) is 0 Å². The van der Waals surface area contributed by atoms with Crippen LogP contribution in [-0.2, 0) is 21.5 Å². The number of para-hydroxylation sites is 1. The third-order valence-corrected chi connectivity index (χ3v) is 6.90. The number of benzene rings is 2. The van der Waals surface area contributed by atoms with Crippen molar-refractivity contribution in [1.29, 1.82) is 0 Å². The lowest BCUT2D eigenvalue weighted by molar-refractivity contribution is -0.143. The molecule has 0 heterocycles. The molecule has 1 fully saturated rings. The summed E-state index contributed by atoms with van der Waals surface area (Å²) in [5, 5.41) is 3.22. The second-order valence-electron chi connectivity index (χ2n) is 10.7. The first-order valence-electron chi connectivity index (χ1n) is 13.2. The summed E-state index contributed by atoms with van der Waals surface area (Å²) >= 11 is 0. The molecule has 2 amide bonds. The molecule has 1 saturated carbocycles. The molecule has 1 N–H and O–H groups in total. The van der Waals surface area contributed by atoms with Crippen molar-refractivity contribution < 1.29 is 19.1 Å². The summed E-state index contributed by atoms with van der Waals surface area (Å²) in [5.41, 5.74) is 1.86. The summed E-state index contributed by atoms with van der Waals surface area (Å²) in [4.78, 5) is 28.6. The van der Waals surface area contributed by atoms with Crippen molar-refractivity contribution in [3.63, 3.8) is 0 Å². The number of hydrogen-bond donors (Lipinski definition) is 1. The fourth-order valence-electron chi connectivity index (χ4n) is 4.83. The zero-order valence-electron chi connectivity index (χ0n) is 22.5. The Morgan fingerprint density at radius 3 is 2.31 bits per heavy atom. The van der Waals surface area contributed by atoms with E-state index in [0.717, 1.165) is 42.6 Å². The predicted molar refractivity (Wildman–Crippen MR) is 143 cm³/mol. The quantitative estimate of drug-likeness (QED) is 0.465. The van der Waals surface area contributed by atoms with Crippen LogP contribution in [-0.4, -0.2) is 42.5 Å². The summed E-state index contributed by atoms with van der Waals surface area (Å²) < 4.78 is 11.3. The average molecular weight is 495 g/mol. The van der Waals surface area contributed by atoms with Crippen molar-refractivity contribution >= 4 is 11.8 Å². The van der Waals surface area contributed by atoms with Crippen LogP contribution in [0.15, 0.2) is 48.5 Å². The van der Waals surface area contributed by atoms with Crippen molar-refractivity contribution in [3.05, 3.63) is 59.7 Å². The second-order valence-corrected chi connectivity index (χ2v) is 10.7. The Labute approximate surface area is 216 Å². The molecule has 0 saturated heterocycles. The highest BCUT2D eigenvalue weighted by molar-refractivity contribution is 5.88. The van der Waals surface area contributed by atoms with Crippen LogP contribution in [0.2, 0.25) is 0 Å². The minimum Gasteiger partial charge on any atom is -0.497 e. The minimum atomic E-state index is -0.567. The number of carbonyl (C=O) groups is 2. The van der Waals surface area contributed by atoms with E-state index in [0.29, 0.717) is 18.7 Å². The van der Waals surface area contributed by atoms with Crippen LogP contribution in [0.3, 0.4) is 0 Å². The molecule has 0 spiro atoms. The number of carbonyl (C=O) groups excluding carboxylic acids is 2. The van der Waals surface area contributed by atoms with Gasteiger partial charge < -0.3 is 19.7 Å². The van der Waals surface area contributed by atoms with E-state index in [2.05, 4.69) is 26.1 Å². The van der Waals surface area contributed by atoms with Gasteiger partial charge >= 0.3 is 0 Å². The summed E-state index contributed by atoms with van der Waals surface area (Å²) in [6.45, 7) is 8.51. The SMILES string of the molecule is CCC(C(=O)NC1CCCCC1)N(Cc1ccc(OC)cc1)C(=O)COc1ccccc1C(C)(C)C. The molecule has 2 aromatic rings. The maximum Gasteiger partial charge on any atom is 0.261 e. The van der Waals surface area contributed by atoms with Crippen LogP contribution in [0.1, 0.15) is 77.3 Å². The van der Waals surface area contributed by atoms with Crippen molar-refractivity contribution in [1.82, 2.24) is 10.2 Å². The molecule has 6 nitrogen and oxygen atoms in total. The highest BCUT2D eigenvalue weighted by Crippen LogP contribution is 2.31. The Hall–Kier alpha value is -3.02. The maximum absolute atomic E-state index is 13.6. The summed E-state index contributed by atoms with van der Waals surface area (Å²) in [5.74, 6) is 1.16. The van der Waals surface area contributed by atoms with Gasteiger partial charge in [0.25, 0.3) is 5.91 Å². The smallest absolute Gasteiger partial charge is 0.261 e. The highest BCUT2D eigenvalue weighted by atomic mass is 16.5. The van der Waals surface area contributed by atoms with Crippen LogP contribution >= 0.6 is 0 Å². The van der Waals surface area contributed by atoms with E-state index in [4.69, 9.17) is 9.47 Å². The van der Waals surface area contributed by atoms with Gasteiger partial charge in [0.2, 0.25) is 5.91 Å². The largest absolute Gasteiger partial charge is 0.497 e. The topological polar surface area (TPSA) is 67.9 Å². The van der Waals surface area contributed by atoms with Crippen LogP contribution in [0, 0.1) is 0 Å². The van der Waals surface area contributed by atoms with E-state index in [9.17, 15) is 9.59 Å². The first-order valence-corrected chi connectivity index (χ1v) is 13.2. The summed E-state index contributed by atoms with van der Waals surface area (Å²) in [7, 11) is 1.63. The van der Waals surface area contributed by atoms with Gasteiger partial charge in [-0.3, -0.25) is 9.59 Å². The van der Waals surface area contributed by atoms with E-state index in [1.165, 1.54) is 6.42 Å². The van der Waals surface area contributed by atoms with Crippen LogP contribution in [0.25, 0.3) is 0 Å². The van der Waals surface area contributed by atoms with Gasteiger partial charge in [0.15, 0.2) is 6.61 Å². The zero-order chi connectivity index (χ0) is 26.1. The number of nitrogens with zero attached hydrogens (tertiary/aromatic N) is 1. The molecule has 6 heteroatoms. The maximum atomic E-state index is 13.6. The van der Waals surface area contributed by atoms with Crippen molar-refractivity contribution in [2.45, 2.75) is 90.3 Å². The van der Waals surface area contributed by atoms with Gasteiger partial charge in [0.1, 0.15) is 17.5 Å². The first-order chi connectivity index (χ1) is 17.2. The Kier molecular flexibility index (Phi) is 9.80. The molecule has 2 aromatic carbocycles. The molecule has 0 bridgehead atoms. The lowest BCUT2D eigenvalue weighted by atomic mass is 9.86. The Morgan fingerprint density at radius 2 is 1.69 bits per heavy atom. The molecule has 0 radical (unpaired) electrons. The number of amides is 2. The fourth-order valence-corrected chi connectivity index (χ4v) is 4.83. The van der Waals surface area contributed by atoms with Crippen LogP contribution in [0.5, 0.6) is 11.5 Å². The van der Waals surface area contributed by atoms with Gasteiger partial charge in [-0.25, -0.2) is 0 Å². The Morgan fingerprint density at radius 1 is 1.03 bits per heavy atom. The van der Waals surface area contributed by atoms with E-state index in [-0.39, 0.29) is 29.9 Å². The molecule has 1 atom stereocenters. The van der Waals surface area contributed by atoms with Crippen LogP contribution < -0.4 is 14.8 Å². The van der Waals surface area contributed by atoms with E-state index in [1.54, 1.807) is 12.0 Å². The van der Waals surface area contributed by atoms with E-state index in [1.807, 2.05) is 55.5 Å². The van der Waals surface area contributed by atoms with E-state index >= 15 is 0 Å². The Balaban J connectivity index is 1.80. The van der Waals surface area contributed by atoms with Gasteiger partial charge in [0, 0.05) is 12.6 Å². The number of rotatable bonds is 10. The molecular formula is C30H42N2O4. The molecular weight excluding hydrogens is 452 g/mol. The zero-order valence-corrected chi connectivity index (χ0v) is 22.5. The third kappa shape index (κ3) is 7.49. The number of ether oxygens (including phenoxy) is 2. The first kappa shape index (κ1) is 27.6. The van der Waals surface area contributed by atoms with Gasteiger partial charge in [-0.1, -0.05) is 77.3 Å². The molecule has 36 heavy (non-hydrogen) atoms. The monoisotopic (exact) mass is 494 g/mol. The standard InChI is InChI=1S/C30H42N2O4/c1-6-26(29(34)31-23-12-8-7-9-13-23)32(20-22-16-18-24(35-5)19-17-22)28(33)21-36-27-15-11-10-14-25(27)30(2,3)4/h10-11,14-19,23,26H,6-9,12-13,20-21H2,1-5H3,(H,31,34). The molecule has 0 aliphatic heterocycles. The van der Waals surface area contributed by atoms with E-state index < -0.39 is 6.04 Å². The lowest BCUT2D eigenvalue weighted by Gasteiger charge is -2.33. The third-order valence-electron chi connectivity index (χ3n) is 6.90. The van der Waals surface area contributed by atoms with Gasteiger partial charge in [-0.05, 0) is 54.0 Å². The molecule has 0 aromatic heterocycles. The number of hydrogen-bond acceptors (Lipinski definition) is 4. The fraction of sp³-hybridized carbons (Fsp3) is 0.533. The molecule has 3 rings (SSSR count). The predicted octanol–water partition coefficient (Wildman–Crippen LogP) is 5.63. The Bertz CT molecular complexity index is 991. The molecule has 196 valence electrons. The summed E-state index contributed by atoms with van der Waals surface area (Å²) in [6.07, 6.45) is 6.02. The molecule has 1 aliphatic carbocycles. The van der Waals surface area contributed by atoms with Gasteiger partial charge in [0.05, 0.1) is 7.11 Å². The molecule has 1 aliphatic rings. The van der Waals surface area contributed by atoms with Crippen molar-refractivity contribution in [2.24, 2.45) is 0 Å².